The highest BCUT2D eigenvalue weighted by molar-refractivity contribution is 7.98. The molecule has 1 aromatic heterocycles. The molecule has 0 aliphatic rings. The van der Waals surface area contributed by atoms with Crippen LogP contribution in [-0.2, 0) is 21.5 Å². The first-order valence-corrected chi connectivity index (χ1v) is 13.2. The average molecular weight is 532 g/mol. The number of aromatic nitrogens is 1. The van der Waals surface area contributed by atoms with Crippen LogP contribution in [0.5, 0.6) is 5.75 Å². The summed E-state index contributed by atoms with van der Waals surface area (Å²) in [6, 6.07) is 18.6. The number of hydrogen-bond acceptors (Lipinski definition) is 6. The van der Waals surface area contributed by atoms with Crippen molar-refractivity contribution in [2.24, 2.45) is 0 Å². The molecule has 0 fully saturated rings. The molecule has 0 bridgehead atoms. The highest BCUT2D eigenvalue weighted by Gasteiger charge is 2.30. The maximum atomic E-state index is 12.9. The zero-order valence-corrected chi connectivity index (χ0v) is 21.3. The Bertz CT molecular complexity index is 1320. The maximum Gasteiger partial charge on any atom is 0.416 e. The van der Waals surface area contributed by atoms with Gasteiger partial charge in [-0.15, -0.1) is 23.1 Å². The predicted octanol–water partition coefficient (Wildman–Crippen LogP) is 7.99. The van der Waals surface area contributed by atoms with Crippen LogP contribution < -0.4 is 4.74 Å². The van der Waals surface area contributed by atoms with Crippen LogP contribution in [0.1, 0.15) is 31.4 Å². The quantitative estimate of drug-likeness (QED) is 0.162. The molecule has 0 radical (unpaired) electrons. The largest absolute Gasteiger partial charge is 0.479 e. The third kappa shape index (κ3) is 6.20. The first kappa shape index (κ1) is 26.0. The molecule has 4 aromatic rings. The zero-order valence-electron chi connectivity index (χ0n) is 19.7. The van der Waals surface area contributed by atoms with Crippen molar-refractivity contribution in [3.05, 3.63) is 77.9 Å². The first-order valence-electron chi connectivity index (χ1n) is 11.4. The van der Waals surface area contributed by atoms with E-state index in [2.05, 4.69) is 0 Å². The Hall–Kier alpha value is -3.04. The standard InChI is InChI=1S/C27H24F3NO3S2/c1-3-22(26(32)33-4-2)34-20-12-14-21(15-13-20)35-16-18-6-5-7-23-24(18)31-25(36-23)17-8-10-19(11-9-17)27(28,29)30/h5-15,22H,3-4,16H2,1-2H3. The molecule has 0 aliphatic heterocycles. The summed E-state index contributed by atoms with van der Waals surface area (Å²) in [5, 5.41) is 0.685. The van der Waals surface area contributed by atoms with Gasteiger partial charge in [0.1, 0.15) is 10.8 Å². The summed E-state index contributed by atoms with van der Waals surface area (Å²) in [4.78, 5) is 17.7. The van der Waals surface area contributed by atoms with Crippen LogP contribution in [0, 0.1) is 0 Å². The minimum absolute atomic E-state index is 0.311. The number of benzene rings is 3. The zero-order chi connectivity index (χ0) is 25.7. The molecule has 0 spiro atoms. The Morgan fingerprint density at radius 1 is 1.03 bits per heavy atom. The van der Waals surface area contributed by atoms with Gasteiger partial charge in [0.05, 0.1) is 22.4 Å². The molecule has 0 saturated heterocycles. The number of halogens is 3. The minimum Gasteiger partial charge on any atom is -0.479 e. The molecule has 1 heterocycles. The van der Waals surface area contributed by atoms with E-state index in [1.165, 1.54) is 23.5 Å². The lowest BCUT2D eigenvalue weighted by Gasteiger charge is -2.16. The third-order valence-corrected chi connectivity index (χ3v) is 7.51. The molecule has 188 valence electrons. The predicted molar refractivity (Wildman–Crippen MR) is 137 cm³/mol. The van der Waals surface area contributed by atoms with Crippen LogP contribution >= 0.6 is 23.1 Å². The average Bonchev–Trinajstić information content (AvgIpc) is 3.31. The third-order valence-electron chi connectivity index (χ3n) is 5.38. The monoisotopic (exact) mass is 531 g/mol. The van der Waals surface area contributed by atoms with Crippen LogP contribution in [0.4, 0.5) is 13.2 Å². The Kier molecular flexibility index (Phi) is 8.21. The van der Waals surface area contributed by atoms with Crippen molar-refractivity contribution in [3.8, 4) is 16.3 Å². The number of para-hydroxylation sites is 1. The van der Waals surface area contributed by atoms with E-state index in [1.54, 1.807) is 18.7 Å². The van der Waals surface area contributed by atoms with E-state index in [0.29, 0.717) is 35.1 Å². The van der Waals surface area contributed by atoms with Crippen molar-refractivity contribution in [1.29, 1.82) is 0 Å². The van der Waals surface area contributed by atoms with Crippen molar-refractivity contribution in [2.45, 2.75) is 43.2 Å². The fourth-order valence-electron chi connectivity index (χ4n) is 3.52. The minimum atomic E-state index is -4.36. The summed E-state index contributed by atoms with van der Waals surface area (Å²) in [6.45, 7) is 3.94. The van der Waals surface area contributed by atoms with Gasteiger partial charge in [0.2, 0.25) is 0 Å². The first-order chi connectivity index (χ1) is 17.3. The molecule has 1 atom stereocenters. The second-order valence-corrected chi connectivity index (χ2v) is 9.96. The van der Waals surface area contributed by atoms with Crippen LogP contribution in [-0.4, -0.2) is 23.7 Å². The summed E-state index contributed by atoms with van der Waals surface area (Å²) >= 11 is 3.10. The number of fused-ring (bicyclic) bond motifs is 1. The van der Waals surface area contributed by atoms with Crippen molar-refractivity contribution in [2.75, 3.05) is 6.61 Å². The van der Waals surface area contributed by atoms with Gasteiger partial charge in [0, 0.05) is 16.2 Å². The topological polar surface area (TPSA) is 48.4 Å². The Balaban J connectivity index is 1.45. The molecular formula is C27H24F3NO3S2. The molecule has 4 rings (SSSR count). The van der Waals surface area contributed by atoms with Gasteiger partial charge in [-0.2, -0.15) is 13.2 Å². The molecule has 36 heavy (non-hydrogen) atoms. The number of esters is 1. The van der Waals surface area contributed by atoms with E-state index in [1.807, 2.05) is 49.4 Å². The molecule has 0 saturated carbocycles. The summed E-state index contributed by atoms with van der Waals surface area (Å²) in [7, 11) is 0. The van der Waals surface area contributed by atoms with Crippen LogP contribution in [0.15, 0.2) is 71.6 Å². The van der Waals surface area contributed by atoms with Gasteiger partial charge in [0.25, 0.3) is 0 Å². The summed E-state index contributed by atoms with van der Waals surface area (Å²) in [6.07, 6.45) is -4.48. The lowest BCUT2D eigenvalue weighted by molar-refractivity contribution is -0.151. The van der Waals surface area contributed by atoms with Gasteiger partial charge < -0.3 is 9.47 Å². The normalized spacial score (nSPS) is 12.5. The number of ether oxygens (including phenoxy) is 2. The van der Waals surface area contributed by atoms with Crippen LogP contribution in [0.3, 0.4) is 0 Å². The van der Waals surface area contributed by atoms with E-state index < -0.39 is 17.8 Å². The Morgan fingerprint density at radius 3 is 2.39 bits per heavy atom. The number of nitrogens with zero attached hydrogens (tertiary/aromatic N) is 1. The van der Waals surface area contributed by atoms with Gasteiger partial charge in [-0.1, -0.05) is 31.2 Å². The van der Waals surface area contributed by atoms with Crippen molar-refractivity contribution in [3.63, 3.8) is 0 Å². The van der Waals surface area contributed by atoms with Crippen molar-refractivity contribution < 1.29 is 27.4 Å². The number of thiazole rings is 1. The SMILES string of the molecule is CCOC(=O)C(CC)Oc1ccc(SCc2cccc3sc(-c4ccc(C(F)(F)F)cc4)nc23)cc1. The lowest BCUT2D eigenvalue weighted by Crippen LogP contribution is -2.28. The fraction of sp³-hybridized carbons (Fsp3) is 0.259. The van der Waals surface area contributed by atoms with Gasteiger partial charge in [-0.25, -0.2) is 9.78 Å². The molecule has 4 nitrogen and oxygen atoms in total. The molecule has 0 aliphatic carbocycles. The Labute approximate surface area is 215 Å². The number of hydrogen-bond donors (Lipinski definition) is 0. The summed E-state index contributed by atoms with van der Waals surface area (Å²) < 4.78 is 50.4. The maximum absolute atomic E-state index is 12.9. The van der Waals surface area contributed by atoms with Crippen molar-refractivity contribution >= 4 is 39.3 Å². The Morgan fingerprint density at radius 2 is 1.75 bits per heavy atom. The van der Waals surface area contributed by atoms with Crippen LogP contribution in [0.2, 0.25) is 0 Å². The lowest BCUT2D eigenvalue weighted by atomic mass is 10.1. The highest BCUT2D eigenvalue weighted by atomic mass is 32.2. The number of rotatable bonds is 9. The van der Waals surface area contributed by atoms with Gasteiger partial charge >= 0.3 is 12.1 Å². The summed E-state index contributed by atoms with van der Waals surface area (Å²) in [5.41, 5.74) is 1.88. The smallest absolute Gasteiger partial charge is 0.416 e. The summed E-state index contributed by atoms with van der Waals surface area (Å²) in [5.74, 6) is 0.904. The molecule has 1 unspecified atom stereocenters. The second kappa shape index (κ2) is 11.3. The number of thioether (sulfide) groups is 1. The van der Waals surface area contributed by atoms with E-state index in [4.69, 9.17) is 14.5 Å². The molecular weight excluding hydrogens is 507 g/mol. The number of carbonyl (C=O) groups is 1. The highest BCUT2D eigenvalue weighted by Crippen LogP contribution is 2.36. The van der Waals surface area contributed by atoms with Crippen molar-refractivity contribution in [1.82, 2.24) is 4.98 Å². The number of carbonyl (C=O) groups excluding carboxylic acids is 1. The van der Waals surface area contributed by atoms with E-state index in [9.17, 15) is 18.0 Å². The van der Waals surface area contributed by atoms with E-state index in [0.717, 1.165) is 32.8 Å². The molecule has 0 N–H and O–H groups in total. The van der Waals surface area contributed by atoms with E-state index >= 15 is 0 Å². The van der Waals surface area contributed by atoms with Crippen LogP contribution in [0.25, 0.3) is 20.8 Å². The second-order valence-electron chi connectivity index (χ2n) is 7.88. The fourth-order valence-corrected chi connectivity index (χ4v) is 5.42. The van der Waals surface area contributed by atoms with Gasteiger partial charge in [-0.05, 0) is 61.4 Å². The van der Waals surface area contributed by atoms with Gasteiger partial charge in [0.15, 0.2) is 6.10 Å². The number of alkyl halides is 3. The molecule has 0 amide bonds. The molecule has 9 heteroatoms. The van der Waals surface area contributed by atoms with E-state index in [-0.39, 0.29) is 5.97 Å². The molecule has 3 aromatic carbocycles. The van der Waals surface area contributed by atoms with Gasteiger partial charge in [-0.3, -0.25) is 0 Å².